The molecule has 0 aliphatic heterocycles. The summed E-state index contributed by atoms with van der Waals surface area (Å²) in [5.74, 6) is 0.768. The second-order valence-corrected chi connectivity index (χ2v) is 4.30. The molecule has 2 aromatic rings. The Morgan fingerprint density at radius 2 is 2.18 bits per heavy atom. The van der Waals surface area contributed by atoms with Crippen molar-refractivity contribution in [3.05, 3.63) is 33.8 Å². The van der Waals surface area contributed by atoms with Crippen LogP contribution in [0, 0.1) is 0 Å². The topological polar surface area (TPSA) is 79.6 Å². The third-order valence-electron chi connectivity index (χ3n) is 2.20. The van der Waals surface area contributed by atoms with Crippen LogP contribution >= 0.6 is 23.2 Å². The molecular formula is C10H11Cl2N5. The van der Waals surface area contributed by atoms with Gasteiger partial charge in [-0.25, -0.2) is 5.10 Å². The number of benzene rings is 1. The quantitative estimate of drug-likeness (QED) is 0.798. The molecule has 1 aromatic heterocycles. The minimum Gasteiger partial charge on any atom is -0.368 e. The largest absolute Gasteiger partial charge is 0.368 e. The van der Waals surface area contributed by atoms with Crippen LogP contribution in [0.5, 0.6) is 0 Å². The number of halogens is 2. The molecule has 2 rings (SSSR count). The second-order valence-electron chi connectivity index (χ2n) is 3.46. The zero-order valence-corrected chi connectivity index (χ0v) is 10.4. The summed E-state index contributed by atoms with van der Waals surface area (Å²) in [6, 6.07) is 5.44. The molecule has 0 amide bonds. The van der Waals surface area contributed by atoms with E-state index in [1.54, 1.807) is 6.07 Å². The van der Waals surface area contributed by atoms with Crippen molar-refractivity contribution >= 4 is 35.1 Å². The number of hydrogen-bond donors (Lipinski definition) is 3. The fourth-order valence-electron chi connectivity index (χ4n) is 1.39. The SMILES string of the molecule is Nc1nc(NCCc2ccc(Cl)cc2Cl)n[nH]1. The third kappa shape index (κ3) is 3.25. The van der Waals surface area contributed by atoms with Gasteiger partial charge in [0.2, 0.25) is 11.9 Å². The molecule has 5 nitrogen and oxygen atoms in total. The summed E-state index contributed by atoms with van der Waals surface area (Å²) < 4.78 is 0. The Morgan fingerprint density at radius 3 is 2.82 bits per heavy atom. The van der Waals surface area contributed by atoms with Crippen LogP contribution in [-0.4, -0.2) is 21.7 Å². The smallest absolute Gasteiger partial charge is 0.243 e. The van der Waals surface area contributed by atoms with Gasteiger partial charge in [-0.2, -0.15) is 4.98 Å². The molecule has 0 aliphatic rings. The van der Waals surface area contributed by atoms with Crippen LogP contribution in [0.4, 0.5) is 11.9 Å². The molecule has 90 valence electrons. The lowest BCUT2D eigenvalue weighted by molar-refractivity contribution is 0.985. The van der Waals surface area contributed by atoms with E-state index in [0.29, 0.717) is 22.5 Å². The van der Waals surface area contributed by atoms with Crippen LogP contribution in [-0.2, 0) is 6.42 Å². The molecule has 7 heteroatoms. The molecule has 4 N–H and O–H groups in total. The number of nitrogens with zero attached hydrogens (tertiary/aromatic N) is 2. The fourth-order valence-corrected chi connectivity index (χ4v) is 1.89. The molecule has 0 bridgehead atoms. The van der Waals surface area contributed by atoms with E-state index >= 15 is 0 Å². The minimum absolute atomic E-state index is 0.289. The normalized spacial score (nSPS) is 10.5. The molecule has 0 spiro atoms. The van der Waals surface area contributed by atoms with Crippen molar-refractivity contribution in [1.29, 1.82) is 0 Å². The number of H-pyrrole nitrogens is 1. The molecule has 0 fully saturated rings. The van der Waals surface area contributed by atoms with E-state index in [2.05, 4.69) is 20.5 Å². The summed E-state index contributed by atoms with van der Waals surface area (Å²) in [6.45, 7) is 0.665. The van der Waals surface area contributed by atoms with E-state index in [-0.39, 0.29) is 5.95 Å². The number of aromatic amines is 1. The highest BCUT2D eigenvalue weighted by Crippen LogP contribution is 2.21. The maximum absolute atomic E-state index is 6.05. The maximum atomic E-state index is 6.05. The van der Waals surface area contributed by atoms with E-state index in [1.165, 1.54) is 0 Å². The highest BCUT2D eigenvalue weighted by Gasteiger charge is 2.02. The molecule has 0 aliphatic carbocycles. The Bertz CT molecular complexity index is 511. The molecule has 0 unspecified atom stereocenters. The van der Waals surface area contributed by atoms with E-state index in [4.69, 9.17) is 28.9 Å². The predicted molar refractivity (Wildman–Crippen MR) is 69.5 cm³/mol. The van der Waals surface area contributed by atoms with Crippen LogP contribution in [0.25, 0.3) is 0 Å². The van der Waals surface area contributed by atoms with Gasteiger partial charge in [0.15, 0.2) is 0 Å². The zero-order chi connectivity index (χ0) is 12.3. The van der Waals surface area contributed by atoms with Gasteiger partial charge in [0.25, 0.3) is 0 Å². The highest BCUT2D eigenvalue weighted by atomic mass is 35.5. The number of nitrogens with one attached hydrogen (secondary N) is 2. The number of aromatic nitrogens is 3. The molecule has 0 radical (unpaired) electrons. The summed E-state index contributed by atoms with van der Waals surface area (Å²) in [4.78, 5) is 3.92. The van der Waals surface area contributed by atoms with Crippen LogP contribution < -0.4 is 11.1 Å². The first kappa shape index (κ1) is 12.0. The summed E-state index contributed by atoms with van der Waals surface area (Å²) in [6.07, 6.45) is 0.754. The number of rotatable bonds is 4. The Labute approximate surface area is 108 Å². The summed E-state index contributed by atoms with van der Waals surface area (Å²) in [5.41, 5.74) is 6.42. The zero-order valence-electron chi connectivity index (χ0n) is 8.87. The Hall–Kier alpha value is -1.46. The average Bonchev–Trinajstić information content (AvgIpc) is 2.68. The fraction of sp³-hybridized carbons (Fsp3) is 0.200. The first-order valence-electron chi connectivity index (χ1n) is 5.01. The number of nitrogen functional groups attached to an aromatic ring is 1. The first-order valence-corrected chi connectivity index (χ1v) is 5.76. The summed E-state index contributed by atoms with van der Waals surface area (Å²) >= 11 is 11.9. The van der Waals surface area contributed by atoms with Gasteiger partial charge in [-0.1, -0.05) is 29.3 Å². The van der Waals surface area contributed by atoms with Crippen molar-refractivity contribution in [2.24, 2.45) is 0 Å². The van der Waals surface area contributed by atoms with Crippen molar-refractivity contribution in [2.75, 3.05) is 17.6 Å². The predicted octanol–water partition coefficient (Wildman–Crippen LogP) is 2.35. The van der Waals surface area contributed by atoms with Gasteiger partial charge in [0.05, 0.1) is 0 Å². The van der Waals surface area contributed by atoms with E-state index in [0.717, 1.165) is 12.0 Å². The maximum Gasteiger partial charge on any atom is 0.243 e. The van der Waals surface area contributed by atoms with Gasteiger partial charge in [-0.3, -0.25) is 0 Å². The molecule has 1 heterocycles. The lowest BCUT2D eigenvalue weighted by Crippen LogP contribution is -2.06. The summed E-state index contributed by atoms with van der Waals surface area (Å²) in [5, 5.41) is 10.7. The molecule has 17 heavy (non-hydrogen) atoms. The minimum atomic E-state index is 0.289. The lowest BCUT2D eigenvalue weighted by atomic mass is 10.1. The molecular weight excluding hydrogens is 261 g/mol. The number of anilines is 2. The molecule has 0 saturated carbocycles. The average molecular weight is 272 g/mol. The van der Waals surface area contributed by atoms with Crippen molar-refractivity contribution < 1.29 is 0 Å². The van der Waals surface area contributed by atoms with Gasteiger partial charge in [0.1, 0.15) is 0 Å². The van der Waals surface area contributed by atoms with Gasteiger partial charge < -0.3 is 11.1 Å². The van der Waals surface area contributed by atoms with Crippen molar-refractivity contribution in [2.45, 2.75) is 6.42 Å². The van der Waals surface area contributed by atoms with Crippen molar-refractivity contribution in [3.63, 3.8) is 0 Å². The van der Waals surface area contributed by atoms with Crippen molar-refractivity contribution in [1.82, 2.24) is 15.2 Å². The monoisotopic (exact) mass is 271 g/mol. The van der Waals surface area contributed by atoms with Gasteiger partial charge >= 0.3 is 0 Å². The van der Waals surface area contributed by atoms with E-state index in [1.807, 2.05) is 12.1 Å². The standard InChI is InChI=1S/C10H11Cl2N5/c11-7-2-1-6(8(12)5-7)3-4-14-10-15-9(13)16-17-10/h1-2,5H,3-4H2,(H4,13,14,15,16,17). The third-order valence-corrected chi connectivity index (χ3v) is 2.78. The van der Waals surface area contributed by atoms with Crippen LogP contribution in [0.15, 0.2) is 18.2 Å². The Kier molecular flexibility index (Phi) is 3.71. The molecule has 1 aromatic carbocycles. The van der Waals surface area contributed by atoms with Gasteiger partial charge in [-0.05, 0) is 24.1 Å². The van der Waals surface area contributed by atoms with Gasteiger partial charge in [0, 0.05) is 16.6 Å². The Balaban J connectivity index is 1.90. The Morgan fingerprint density at radius 1 is 1.35 bits per heavy atom. The van der Waals surface area contributed by atoms with E-state index < -0.39 is 0 Å². The lowest BCUT2D eigenvalue weighted by Gasteiger charge is -2.05. The first-order chi connectivity index (χ1) is 8.15. The summed E-state index contributed by atoms with van der Waals surface area (Å²) in [7, 11) is 0. The highest BCUT2D eigenvalue weighted by molar-refractivity contribution is 6.35. The number of nitrogens with two attached hydrogens (primary N) is 1. The van der Waals surface area contributed by atoms with Crippen LogP contribution in [0.3, 0.4) is 0 Å². The van der Waals surface area contributed by atoms with Crippen molar-refractivity contribution in [3.8, 4) is 0 Å². The van der Waals surface area contributed by atoms with Crippen LogP contribution in [0.2, 0.25) is 10.0 Å². The second kappa shape index (κ2) is 5.25. The van der Waals surface area contributed by atoms with Crippen LogP contribution in [0.1, 0.15) is 5.56 Å². The number of hydrogen-bond acceptors (Lipinski definition) is 4. The molecule has 0 atom stereocenters. The van der Waals surface area contributed by atoms with Gasteiger partial charge in [-0.15, -0.1) is 5.10 Å². The molecule has 0 saturated heterocycles. The van der Waals surface area contributed by atoms with E-state index in [9.17, 15) is 0 Å².